The van der Waals surface area contributed by atoms with Crippen molar-refractivity contribution in [3.63, 3.8) is 0 Å². The van der Waals surface area contributed by atoms with E-state index in [0.29, 0.717) is 77.0 Å². The molecule has 0 fully saturated rings. The Morgan fingerprint density at radius 2 is 1.72 bits per heavy atom. The first-order chi connectivity index (χ1) is 17.7. The minimum Gasteiger partial charge on any atom is -0.487 e. The van der Waals surface area contributed by atoms with Crippen molar-refractivity contribution < 1.29 is 33.6 Å². The zero-order chi connectivity index (χ0) is 25.2. The summed E-state index contributed by atoms with van der Waals surface area (Å²) in [6, 6.07) is 13.6. The van der Waals surface area contributed by atoms with Gasteiger partial charge in [-0.1, -0.05) is 36.4 Å². The molecule has 2 aromatic rings. The maximum Gasteiger partial charge on any atom is 0.260 e. The quantitative estimate of drug-likeness (QED) is 0.271. The lowest BCUT2D eigenvalue weighted by molar-refractivity contribution is -0.121. The molecule has 3 N–H and O–H groups in total. The zero-order valence-corrected chi connectivity index (χ0v) is 20.2. The number of fused-ring (bicyclic) bond motifs is 2. The topological polar surface area (TPSA) is 115 Å². The van der Waals surface area contributed by atoms with Crippen LogP contribution in [-0.4, -0.2) is 69.7 Å². The van der Waals surface area contributed by atoms with Crippen LogP contribution in [-0.2, 0) is 41.6 Å². The number of benzene rings is 2. The molecule has 0 atom stereocenters. The first-order valence-electron chi connectivity index (χ1n) is 12.2. The number of nitrogens with one attached hydrogen (secondary N) is 2. The van der Waals surface area contributed by atoms with Crippen LogP contribution < -0.4 is 10.6 Å². The van der Waals surface area contributed by atoms with Crippen LogP contribution >= 0.6 is 0 Å². The third-order valence-corrected chi connectivity index (χ3v) is 5.87. The second-order valence-electron chi connectivity index (χ2n) is 8.39. The third kappa shape index (κ3) is 6.70. The van der Waals surface area contributed by atoms with Gasteiger partial charge >= 0.3 is 0 Å². The fraction of sp³-hybridized carbons (Fsp3) is 0.407. The van der Waals surface area contributed by atoms with Crippen molar-refractivity contribution in [3.8, 4) is 0 Å². The molecule has 0 saturated carbocycles. The lowest BCUT2D eigenvalue weighted by Crippen LogP contribution is -2.27. The number of rotatable bonds is 14. The summed E-state index contributed by atoms with van der Waals surface area (Å²) in [5.74, 6) is 0.423. The molecule has 2 heterocycles. The second-order valence-corrected chi connectivity index (χ2v) is 8.39. The van der Waals surface area contributed by atoms with E-state index in [1.807, 2.05) is 42.5 Å². The van der Waals surface area contributed by atoms with Crippen molar-refractivity contribution in [3.05, 3.63) is 64.7 Å². The van der Waals surface area contributed by atoms with E-state index in [1.54, 1.807) is 0 Å². The van der Waals surface area contributed by atoms with Crippen molar-refractivity contribution >= 4 is 28.8 Å². The van der Waals surface area contributed by atoms with E-state index < -0.39 is 0 Å². The molecule has 2 aliphatic rings. The summed E-state index contributed by atoms with van der Waals surface area (Å²) in [5, 5.41) is 14.4. The van der Waals surface area contributed by atoms with Crippen LogP contribution in [0.2, 0.25) is 0 Å². The lowest BCUT2D eigenvalue weighted by atomic mass is 9.98. The monoisotopic (exact) mass is 496 g/mol. The normalized spacial score (nSPS) is 15.9. The standard InChI is InChI=1S/C27H32N2O7/c30-10-12-34-14-16-35-15-13-33-11-9-28-24(31)8-6-19-5-7-21-20(17-19)18-36-26(21)25-22-3-1-2-4-23(22)29-27(25)32/h1-5,7,17,30H,6,8-16,18H2,(H,28,31)(H,29,32)/b26-25+. The molecule has 0 radical (unpaired) electrons. The van der Waals surface area contributed by atoms with E-state index in [9.17, 15) is 9.59 Å². The van der Waals surface area contributed by atoms with Gasteiger partial charge in [-0.2, -0.15) is 0 Å². The predicted molar refractivity (Wildman–Crippen MR) is 134 cm³/mol. The maximum atomic E-state index is 12.6. The summed E-state index contributed by atoms with van der Waals surface area (Å²) in [4.78, 5) is 24.8. The van der Waals surface area contributed by atoms with Gasteiger partial charge < -0.3 is 34.7 Å². The molecular formula is C27H32N2O7. The van der Waals surface area contributed by atoms with Gasteiger partial charge in [0.25, 0.3) is 5.91 Å². The number of para-hydroxylation sites is 1. The number of carbonyl (C=O) groups excluding carboxylic acids is 2. The Balaban J connectivity index is 1.17. The highest BCUT2D eigenvalue weighted by atomic mass is 16.5. The fourth-order valence-corrected chi connectivity index (χ4v) is 4.14. The van der Waals surface area contributed by atoms with Crippen molar-refractivity contribution in [2.75, 3.05) is 58.1 Å². The van der Waals surface area contributed by atoms with E-state index in [2.05, 4.69) is 10.6 Å². The third-order valence-electron chi connectivity index (χ3n) is 5.87. The Labute approximate surface area is 210 Å². The first kappa shape index (κ1) is 25.8. The summed E-state index contributed by atoms with van der Waals surface area (Å²) >= 11 is 0. The average molecular weight is 497 g/mol. The van der Waals surface area contributed by atoms with E-state index in [1.165, 1.54) is 0 Å². The number of carbonyl (C=O) groups is 2. The number of aliphatic hydroxyl groups excluding tert-OH is 1. The highest BCUT2D eigenvalue weighted by Crippen LogP contribution is 2.41. The van der Waals surface area contributed by atoms with Crippen LogP contribution in [0.1, 0.15) is 28.7 Å². The second kappa shape index (κ2) is 13.2. The van der Waals surface area contributed by atoms with Gasteiger partial charge in [0.2, 0.25) is 5.91 Å². The number of anilines is 1. The molecule has 0 aromatic heterocycles. The molecule has 9 heteroatoms. The summed E-state index contributed by atoms with van der Waals surface area (Å²) in [7, 11) is 0. The average Bonchev–Trinajstić information content (AvgIpc) is 3.45. The van der Waals surface area contributed by atoms with Crippen LogP contribution in [0.25, 0.3) is 11.3 Å². The zero-order valence-electron chi connectivity index (χ0n) is 20.2. The molecular weight excluding hydrogens is 464 g/mol. The molecule has 2 amide bonds. The largest absolute Gasteiger partial charge is 0.487 e. The number of ether oxygens (including phenoxy) is 4. The minimum absolute atomic E-state index is 0.00734. The molecule has 0 bridgehead atoms. The van der Waals surface area contributed by atoms with Crippen molar-refractivity contribution in [1.82, 2.24) is 5.32 Å². The molecule has 0 spiro atoms. The van der Waals surface area contributed by atoms with Gasteiger partial charge in [-0.3, -0.25) is 9.59 Å². The van der Waals surface area contributed by atoms with Crippen LogP contribution in [0.4, 0.5) is 5.69 Å². The SMILES string of the molecule is O=C(CCc1ccc2c(c1)CO/C2=C1/C(=O)Nc2ccccc21)NCCOCCOCCOCCO. The van der Waals surface area contributed by atoms with Crippen molar-refractivity contribution in [2.24, 2.45) is 0 Å². The maximum absolute atomic E-state index is 12.6. The van der Waals surface area contributed by atoms with Gasteiger partial charge in [0.1, 0.15) is 12.4 Å². The van der Waals surface area contributed by atoms with Crippen LogP contribution in [0, 0.1) is 0 Å². The molecule has 2 aliphatic heterocycles. The Kier molecular flexibility index (Phi) is 9.46. The number of aliphatic hydroxyl groups is 1. The fourth-order valence-electron chi connectivity index (χ4n) is 4.14. The first-order valence-corrected chi connectivity index (χ1v) is 12.2. The van der Waals surface area contributed by atoms with Crippen LogP contribution in [0.3, 0.4) is 0 Å². The van der Waals surface area contributed by atoms with Gasteiger partial charge in [-0.05, 0) is 18.1 Å². The Morgan fingerprint density at radius 3 is 2.53 bits per heavy atom. The van der Waals surface area contributed by atoms with Crippen molar-refractivity contribution in [1.29, 1.82) is 0 Å². The molecule has 2 aromatic carbocycles. The van der Waals surface area contributed by atoms with Crippen LogP contribution in [0.15, 0.2) is 42.5 Å². The molecule has 36 heavy (non-hydrogen) atoms. The number of amides is 2. The van der Waals surface area contributed by atoms with Gasteiger partial charge in [-0.15, -0.1) is 0 Å². The highest BCUT2D eigenvalue weighted by molar-refractivity contribution is 6.36. The van der Waals surface area contributed by atoms with E-state index in [0.717, 1.165) is 27.9 Å². The smallest absolute Gasteiger partial charge is 0.260 e. The molecule has 0 aliphatic carbocycles. The van der Waals surface area contributed by atoms with Crippen LogP contribution in [0.5, 0.6) is 0 Å². The predicted octanol–water partition coefficient (Wildman–Crippen LogP) is 2.13. The van der Waals surface area contributed by atoms with E-state index >= 15 is 0 Å². The molecule has 9 nitrogen and oxygen atoms in total. The summed E-state index contributed by atoms with van der Waals surface area (Å²) < 4.78 is 21.8. The number of aryl methyl sites for hydroxylation is 1. The lowest BCUT2D eigenvalue weighted by Gasteiger charge is -2.08. The van der Waals surface area contributed by atoms with Gasteiger partial charge in [0, 0.05) is 35.3 Å². The minimum atomic E-state index is -0.153. The molecule has 4 rings (SSSR count). The van der Waals surface area contributed by atoms with Gasteiger partial charge in [0.05, 0.1) is 51.8 Å². The Bertz CT molecular complexity index is 1100. The van der Waals surface area contributed by atoms with E-state index in [-0.39, 0.29) is 18.4 Å². The Hall–Kier alpha value is -3.24. The summed E-state index contributed by atoms with van der Waals surface area (Å²) in [6.07, 6.45) is 0.988. The molecule has 0 unspecified atom stereocenters. The van der Waals surface area contributed by atoms with Crippen molar-refractivity contribution in [2.45, 2.75) is 19.4 Å². The van der Waals surface area contributed by atoms with Gasteiger partial charge in [0.15, 0.2) is 0 Å². The summed E-state index contributed by atoms with van der Waals surface area (Å²) in [6.45, 7) is 3.38. The Morgan fingerprint density at radius 1 is 0.972 bits per heavy atom. The number of hydrogen-bond donors (Lipinski definition) is 3. The number of hydrogen-bond acceptors (Lipinski definition) is 7. The molecule has 0 saturated heterocycles. The molecule has 192 valence electrons. The van der Waals surface area contributed by atoms with Gasteiger partial charge in [-0.25, -0.2) is 0 Å². The van der Waals surface area contributed by atoms with E-state index in [4.69, 9.17) is 24.1 Å². The highest BCUT2D eigenvalue weighted by Gasteiger charge is 2.32. The summed E-state index contributed by atoms with van der Waals surface area (Å²) in [5.41, 5.74) is 5.20.